The third kappa shape index (κ3) is 1.05. The summed E-state index contributed by atoms with van der Waals surface area (Å²) in [6.07, 6.45) is 3.22. The highest BCUT2D eigenvalue weighted by Crippen LogP contribution is 2.12. The van der Waals surface area contributed by atoms with Crippen LogP contribution in [0.25, 0.3) is 0 Å². The predicted molar refractivity (Wildman–Crippen MR) is 47.1 cm³/mol. The van der Waals surface area contributed by atoms with E-state index in [9.17, 15) is 0 Å². The second kappa shape index (κ2) is 2.50. The Hall–Kier alpha value is -0.100. The molecule has 0 saturated carbocycles. The lowest BCUT2D eigenvalue weighted by atomic mass is 10.1. The van der Waals surface area contributed by atoms with Gasteiger partial charge in [-0.25, -0.2) is 2.90 Å². The topological polar surface area (TPSA) is 29.9 Å². The molecule has 3 nitrogen and oxygen atoms in total. The van der Waals surface area contributed by atoms with Crippen molar-refractivity contribution < 1.29 is 0 Å². The van der Waals surface area contributed by atoms with Crippen LogP contribution in [-0.2, 0) is 13.0 Å². The van der Waals surface area contributed by atoms with E-state index < -0.39 is 0 Å². The second-order valence-electron chi connectivity index (χ2n) is 2.42. The Morgan fingerprint density at radius 2 is 2.60 bits per heavy atom. The maximum Gasteiger partial charge on any atom is 0.0843 e. The van der Waals surface area contributed by atoms with Crippen LogP contribution in [0.3, 0.4) is 0 Å². The van der Waals surface area contributed by atoms with Crippen LogP contribution < -0.4 is 5.32 Å². The van der Waals surface area contributed by atoms with Gasteiger partial charge in [-0.05, 0) is 18.5 Å². The van der Waals surface area contributed by atoms with Gasteiger partial charge in [0, 0.05) is 12.7 Å². The molecule has 1 aliphatic rings. The van der Waals surface area contributed by atoms with Crippen LogP contribution in [0.5, 0.6) is 0 Å². The van der Waals surface area contributed by atoms with Gasteiger partial charge in [0.2, 0.25) is 0 Å². The molecule has 0 aromatic carbocycles. The second-order valence-corrected chi connectivity index (χ2v) is 3.41. The first-order valence-electron chi connectivity index (χ1n) is 3.30. The van der Waals surface area contributed by atoms with Crippen molar-refractivity contribution in [1.29, 1.82) is 0 Å². The normalized spacial score (nSPS) is 16.9. The molecular weight excluding hydrogens is 241 g/mol. The molecule has 1 N–H and O–H groups in total. The van der Waals surface area contributed by atoms with Gasteiger partial charge in [-0.3, -0.25) is 0 Å². The number of hydrogen-bond acceptors (Lipinski definition) is 2. The summed E-state index contributed by atoms with van der Waals surface area (Å²) in [4.78, 5) is 0. The largest absolute Gasteiger partial charge is 0.311 e. The number of nitrogens with zero attached hydrogens (tertiary/aromatic N) is 2. The zero-order valence-corrected chi connectivity index (χ0v) is 7.63. The van der Waals surface area contributed by atoms with Crippen LogP contribution in [-0.4, -0.2) is 14.5 Å². The van der Waals surface area contributed by atoms with Gasteiger partial charge < -0.3 is 5.32 Å². The first-order chi connectivity index (χ1) is 4.86. The highest BCUT2D eigenvalue weighted by atomic mass is 127. The van der Waals surface area contributed by atoms with E-state index in [1.807, 2.05) is 2.90 Å². The third-order valence-corrected chi connectivity index (χ3v) is 2.21. The fourth-order valence-corrected chi connectivity index (χ4v) is 1.80. The van der Waals surface area contributed by atoms with Gasteiger partial charge in [0.25, 0.3) is 0 Å². The summed E-state index contributed by atoms with van der Waals surface area (Å²) in [5.74, 6) is 0. The van der Waals surface area contributed by atoms with Crippen LogP contribution in [0.1, 0.15) is 11.3 Å². The van der Waals surface area contributed by atoms with Crippen molar-refractivity contribution in [1.82, 2.24) is 13.3 Å². The molecule has 0 spiro atoms. The van der Waals surface area contributed by atoms with E-state index >= 15 is 0 Å². The van der Waals surface area contributed by atoms with Gasteiger partial charge in [0.05, 0.1) is 28.6 Å². The minimum Gasteiger partial charge on any atom is -0.311 e. The fraction of sp³-hybridized carbons (Fsp3) is 0.500. The van der Waals surface area contributed by atoms with Crippen molar-refractivity contribution in [3.63, 3.8) is 0 Å². The molecule has 0 bridgehead atoms. The maximum absolute atomic E-state index is 4.29. The van der Waals surface area contributed by atoms with Crippen molar-refractivity contribution in [3.8, 4) is 0 Å². The van der Waals surface area contributed by atoms with E-state index in [1.54, 1.807) is 0 Å². The zero-order valence-electron chi connectivity index (χ0n) is 5.47. The highest BCUT2D eigenvalue weighted by Gasteiger charge is 2.11. The molecule has 2 heterocycles. The van der Waals surface area contributed by atoms with Crippen molar-refractivity contribution in [2.24, 2.45) is 0 Å². The van der Waals surface area contributed by atoms with Crippen LogP contribution >= 0.6 is 22.9 Å². The van der Waals surface area contributed by atoms with Crippen molar-refractivity contribution in [2.45, 2.75) is 13.0 Å². The molecule has 0 saturated heterocycles. The monoisotopic (exact) mass is 249 g/mol. The number of fused-ring (bicyclic) bond motifs is 1. The van der Waals surface area contributed by atoms with E-state index in [1.165, 1.54) is 11.3 Å². The average Bonchev–Trinajstić information content (AvgIpc) is 2.27. The van der Waals surface area contributed by atoms with Crippen LogP contribution in [0.15, 0.2) is 6.20 Å². The molecule has 0 atom stereocenters. The lowest BCUT2D eigenvalue weighted by Gasteiger charge is -2.09. The quantitative estimate of drug-likeness (QED) is 0.687. The highest BCUT2D eigenvalue weighted by molar-refractivity contribution is 14.1. The van der Waals surface area contributed by atoms with Gasteiger partial charge in [-0.2, -0.15) is 5.10 Å². The third-order valence-electron chi connectivity index (χ3n) is 1.71. The van der Waals surface area contributed by atoms with Crippen LogP contribution in [0.4, 0.5) is 0 Å². The molecule has 1 aliphatic heterocycles. The molecule has 1 aromatic heterocycles. The minimum absolute atomic E-state index is 0.936. The van der Waals surface area contributed by atoms with E-state index in [2.05, 4.69) is 39.5 Å². The molecule has 0 unspecified atom stereocenters. The van der Waals surface area contributed by atoms with Crippen molar-refractivity contribution in [2.75, 3.05) is 6.54 Å². The predicted octanol–water partition coefficient (Wildman–Crippen LogP) is 0.727. The number of hydrogen-bond donors (Lipinski definition) is 1. The van der Waals surface area contributed by atoms with Gasteiger partial charge in [-0.15, -0.1) is 0 Å². The van der Waals surface area contributed by atoms with Crippen molar-refractivity contribution in [3.05, 3.63) is 17.5 Å². The molecule has 0 aliphatic carbocycles. The summed E-state index contributed by atoms with van der Waals surface area (Å²) in [5.41, 5.74) is 2.61. The molecule has 1 aromatic rings. The Morgan fingerprint density at radius 3 is 3.40 bits per heavy atom. The Labute approximate surface area is 73.3 Å². The number of halogens is 1. The summed E-state index contributed by atoms with van der Waals surface area (Å²) >= 11 is 2.18. The molecule has 0 amide bonds. The number of nitrogens with one attached hydrogen (secondary N) is 1. The van der Waals surface area contributed by atoms with Crippen molar-refractivity contribution >= 4 is 22.9 Å². The van der Waals surface area contributed by atoms with Gasteiger partial charge in [-0.1, -0.05) is 0 Å². The first kappa shape index (κ1) is 6.60. The van der Waals surface area contributed by atoms with E-state index in [0.717, 1.165) is 19.5 Å². The van der Waals surface area contributed by atoms with E-state index in [4.69, 9.17) is 0 Å². The summed E-state index contributed by atoms with van der Waals surface area (Å²) in [6, 6.07) is 0. The SMILES string of the molecule is In1cc2c(n1)CNCC2. The molecule has 0 fully saturated rings. The Balaban J connectivity index is 2.41. The summed E-state index contributed by atoms with van der Waals surface area (Å²) in [6.45, 7) is 2.03. The Bertz CT molecular complexity index is 220. The minimum atomic E-state index is 0.936. The van der Waals surface area contributed by atoms with Gasteiger partial charge >= 0.3 is 0 Å². The first-order valence-corrected chi connectivity index (χ1v) is 4.27. The average molecular weight is 249 g/mol. The smallest absolute Gasteiger partial charge is 0.0843 e. The summed E-state index contributed by atoms with van der Waals surface area (Å²) < 4.78 is 1.86. The molecular formula is C6H8IN3. The molecule has 2 rings (SSSR count). The fourth-order valence-electron chi connectivity index (χ4n) is 1.20. The number of aromatic nitrogens is 2. The summed E-state index contributed by atoms with van der Waals surface area (Å²) in [7, 11) is 0. The molecule has 0 radical (unpaired) electrons. The molecule has 4 heteroatoms. The lowest BCUT2D eigenvalue weighted by molar-refractivity contribution is 0.632. The number of rotatable bonds is 0. The van der Waals surface area contributed by atoms with E-state index in [0.29, 0.717) is 0 Å². The maximum atomic E-state index is 4.29. The van der Waals surface area contributed by atoms with E-state index in [-0.39, 0.29) is 0 Å². The Morgan fingerprint density at radius 1 is 1.70 bits per heavy atom. The Kier molecular flexibility index (Phi) is 1.65. The lowest BCUT2D eigenvalue weighted by Crippen LogP contribution is -2.22. The van der Waals surface area contributed by atoms with Crippen LogP contribution in [0.2, 0.25) is 0 Å². The van der Waals surface area contributed by atoms with Gasteiger partial charge in [0.15, 0.2) is 0 Å². The molecule has 10 heavy (non-hydrogen) atoms. The van der Waals surface area contributed by atoms with Gasteiger partial charge in [0.1, 0.15) is 0 Å². The van der Waals surface area contributed by atoms with Crippen LogP contribution in [0, 0.1) is 0 Å². The standard InChI is InChI=1S/C6H8IN3/c7-10-4-5-1-2-8-3-6(5)9-10/h4,8H,1-3H2. The summed E-state index contributed by atoms with van der Waals surface area (Å²) in [5, 5.41) is 7.57. The molecule has 54 valence electrons. The zero-order chi connectivity index (χ0) is 6.97.